The maximum absolute atomic E-state index is 12.9. The van der Waals surface area contributed by atoms with E-state index in [9.17, 15) is 9.59 Å². The molecular formula is C21H24N4O3S. The van der Waals surface area contributed by atoms with Crippen LogP contribution in [-0.4, -0.2) is 39.9 Å². The molecule has 3 heterocycles. The SMILES string of the molecule is Cc1ccc(-c2nn(CC(=O)NC[C@H]3CCCO3)c(=O)c3nc(C)sc23)c(C)c1. The van der Waals surface area contributed by atoms with Crippen molar-refractivity contribution in [2.24, 2.45) is 0 Å². The first-order chi connectivity index (χ1) is 13.9. The van der Waals surface area contributed by atoms with Crippen LogP contribution in [0.1, 0.15) is 29.0 Å². The van der Waals surface area contributed by atoms with Crippen molar-refractivity contribution in [2.45, 2.75) is 46.3 Å². The number of hydrogen-bond acceptors (Lipinski definition) is 6. The normalized spacial score (nSPS) is 16.4. The van der Waals surface area contributed by atoms with Crippen LogP contribution < -0.4 is 10.9 Å². The Morgan fingerprint density at radius 2 is 2.17 bits per heavy atom. The van der Waals surface area contributed by atoms with Crippen molar-refractivity contribution in [1.82, 2.24) is 20.1 Å². The van der Waals surface area contributed by atoms with Crippen LogP contribution in [0.5, 0.6) is 0 Å². The van der Waals surface area contributed by atoms with Gasteiger partial charge in [-0.1, -0.05) is 23.8 Å². The highest BCUT2D eigenvalue weighted by Gasteiger charge is 2.20. The number of nitrogens with one attached hydrogen (secondary N) is 1. The molecule has 1 aliphatic rings. The molecule has 2 aromatic heterocycles. The van der Waals surface area contributed by atoms with Crippen molar-refractivity contribution in [2.75, 3.05) is 13.2 Å². The number of hydrogen-bond donors (Lipinski definition) is 1. The van der Waals surface area contributed by atoms with E-state index in [4.69, 9.17) is 4.74 Å². The predicted octanol–water partition coefficient (Wildman–Crippen LogP) is 2.74. The van der Waals surface area contributed by atoms with Crippen LogP contribution in [0.3, 0.4) is 0 Å². The minimum absolute atomic E-state index is 0.0538. The van der Waals surface area contributed by atoms with E-state index in [2.05, 4.69) is 21.5 Å². The van der Waals surface area contributed by atoms with Gasteiger partial charge in [0.2, 0.25) is 5.91 Å². The first kappa shape index (κ1) is 19.7. The van der Waals surface area contributed by atoms with E-state index in [1.54, 1.807) is 0 Å². The van der Waals surface area contributed by atoms with Gasteiger partial charge in [0.1, 0.15) is 12.2 Å². The summed E-state index contributed by atoms with van der Waals surface area (Å²) >= 11 is 1.45. The average molecular weight is 413 g/mol. The fourth-order valence-electron chi connectivity index (χ4n) is 3.65. The van der Waals surface area contributed by atoms with Gasteiger partial charge in [-0.3, -0.25) is 9.59 Å². The number of benzene rings is 1. The standard InChI is InChI=1S/C21H24N4O3S/c1-12-6-7-16(13(2)9-12)18-20-19(23-14(3)29-20)21(27)25(24-18)11-17(26)22-10-15-5-4-8-28-15/h6-7,9,15H,4-5,8,10-11H2,1-3H3,(H,22,26)/t15-/m1/s1. The van der Waals surface area contributed by atoms with Gasteiger partial charge in [-0.15, -0.1) is 11.3 Å². The van der Waals surface area contributed by atoms with Gasteiger partial charge in [0.05, 0.1) is 15.8 Å². The van der Waals surface area contributed by atoms with E-state index < -0.39 is 0 Å². The molecule has 3 aromatic rings. The Morgan fingerprint density at radius 3 is 2.90 bits per heavy atom. The van der Waals surface area contributed by atoms with Crippen molar-refractivity contribution in [1.29, 1.82) is 0 Å². The van der Waals surface area contributed by atoms with Crippen molar-refractivity contribution < 1.29 is 9.53 Å². The number of ether oxygens (including phenoxy) is 1. The van der Waals surface area contributed by atoms with E-state index in [1.807, 2.05) is 32.9 Å². The molecule has 0 bridgehead atoms. The van der Waals surface area contributed by atoms with Crippen LogP contribution in [-0.2, 0) is 16.1 Å². The van der Waals surface area contributed by atoms with Gasteiger partial charge in [-0.2, -0.15) is 5.10 Å². The molecule has 0 radical (unpaired) electrons. The Bertz CT molecular complexity index is 1130. The molecule has 0 unspecified atom stereocenters. The van der Waals surface area contributed by atoms with E-state index in [-0.39, 0.29) is 24.1 Å². The second-order valence-corrected chi connectivity index (χ2v) is 8.68. The summed E-state index contributed by atoms with van der Waals surface area (Å²) in [6, 6.07) is 6.11. The zero-order valence-corrected chi connectivity index (χ0v) is 17.6. The molecule has 1 amide bonds. The third kappa shape index (κ3) is 4.09. The Kier molecular flexibility index (Phi) is 5.47. The summed E-state index contributed by atoms with van der Waals surface area (Å²) in [7, 11) is 0. The molecule has 29 heavy (non-hydrogen) atoms. The Morgan fingerprint density at radius 1 is 1.34 bits per heavy atom. The zero-order valence-electron chi connectivity index (χ0n) is 16.8. The zero-order chi connectivity index (χ0) is 20.5. The fourth-order valence-corrected chi connectivity index (χ4v) is 4.56. The lowest BCUT2D eigenvalue weighted by atomic mass is 10.0. The minimum Gasteiger partial charge on any atom is -0.376 e. The van der Waals surface area contributed by atoms with Gasteiger partial charge in [0.25, 0.3) is 5.56 Å². The fraction of sp³-hybridized carbons (Fsp3) is 0.429. The van der Waals surface area contributed by atoms with Crippen LogP contribution in [0.2, 0.25) is 0 Å². The first-order valence-electron chi connectivity index (χ1n) is 9.76. The van der Waals surface area contributed by atoms with E-state index in [1.165, 1.54) is 16.0 Å². The van der Waals surface area contributed by atoms with Gasteiger partial charge >= 0.3 is 0 Å². The number of rotatable bonds is 5. The summed E-state index contributed by atoms with van der Waals surface area (Å²) in [5, 5.41) is 8.22. The lowest BCUT2D eigenvalue weighted by Crippen LogP contribution is -2.37. The Hall–Kier alpha value is -2.58. The van der Waals surface area contributed by atoms with Gasteiger partial charge in [-0.05, 0) is 39.2 Å². The lowest BCUT2D eigenvalue weighted by molar-refractivity contribution is -0.122. The largest absolute Gasteiger partial charge is 0.376 e. The van der Waals surface area contributed by atoms with Crippen molar-refractivity contribution in [3.8, 4) is 11.3 Å². The van der Waals surface area contributed by atoms with Crippen molar-refractivity contribution >= 4 is 27.5 Å². The van der Waals surface area contributed by atoms with Crippen LogP contribution in [0.15, 0.2) is 23.0 Å². The molecule has 1 N–H and O–H groups in total. The van der Waals surface area contributed by atoms with E-state index in [0.717, 1.165) is 45.8 Å². The molecule has 1 aliphatic heterocycles. The molecule has 0 spiro atoms. The van der Waals surface area contributed by atoms with Crippen LogP contribution in [0, 0.1) is 20.8 Å². The van der Waals surface area contributed by atoms with Gasteiger partial charge < -0.3 is 10.1 Å². The number of aromatic nitrogens is 3. The second-order valence-electron chi connectivity index (χ2n) is 7.48. The molecule has 0 aliphatic carbocycles. The maximum atomic E-state index is 12.9. The number of fused-ring (bicyclic) bond motifs is 1. The van der Waals surface area contributed by atoms with Crippen LogP contribution in [0.4, 0.5) is 0 Å². The number of amides is 1. The molecule has 1 fully saturated rings. The van der Waals surface area contributed by atoms with Gasteiger partial charge in [-0.25, -0.2) is 9.67 Å². The average Bonchev–Trinajstić information content (AvgIpc) is 3.32. The molecule has 1 saturated heterocycles. The topological polar surface area (TPSA) is 86.1 Å². The highest BCUT2D eigenvalue weighted by molar-refractivity contribution is 7.19. The maximum Gasteiger partial charge on any atom is 0.294 e. The molecular weight excluding hydrogens is 388 g/mol. The molecule has 152 valence electrons. The van der Waals surface area contributed by atoms with E-state index in [0.29, 0.717) is 17.8 Å². The third-order valence-electron chi connectivity index (χ3n) is 5.09. The molecule has 0 saturated carbocycles. The Balaban J connectivity index is 1.69. The summed E-state index contributed by atoms with van der Waals surface area (Å²) in [5.41, 5.74) is 3.88. The summed E-state index contributed by atoms with van der Waals surface area (Å²) in [6.45, 7) is 6.98. The lowest BCUT2D eigenvalue weighted by Gasteiger charge is -2.13. The van der Waals surface area contributed by atoms with Gasteiger partial charge in [0.15, 0.2) is 5.52 Å². The summed E-state index contributed by atoms with van der Waals surface area (Å²) in [5.74, 6) is -0.257. The minimum atomic E-state index is -0.342. The van der Waals surface area contributed by atoms with Crippen LogP contribution in [0.25, 0.3) is 21.5 Å². The van der Waals surface area contributed by atoms with E-state index >= 15 is 0 Å². The highest BCUT2D eigenvalue weighted by Crippen LogP contribution is 2.31. The number of thiazole rings is 1. The molecule has 1 atom stereocenters. The number of carbonyl (C=O) groups excluding carboxylic acids is 1. The molecule has 1 aromatic carbocycles. The smallest absolute Gasteiger partial charge is 0.294 e. The second kappa shape index (κ2) is 8.04. The number of aryl methyl sites for hydroxylation is 3. The number of nitrogens with zero attached hydrogens (tertiary/aromatic N) is 3. The van der Waals surface area contributed by atoms with Crippen molar-refractivity contribution in [3.05, 3.63) is 44.7 Å². The Labute approximate surface area is 172 Å². The van der Waals surface area contributed by atoms with Gasteiger partial charge in [0, 0.05) is 18.7 Å². The monoisotopic (exact) mass is 412 g/mol. The first-order valence-corrected chi connectivity index (χ1v) is 10.6. The quantitative estimate of drug-likeness (QED) is 0.696. The molecule has 4 rings (SSSR count). The summed E-state index contributed by atoms with van der Waals surface area (Å²) in [6.07, 6.45) is 2.01. The molecule has 8 heteroatoms. The third-order valence-corrected chi connectivity index (χ3v) is 6.07. The predicted molar refractivity (Wildman–Crippen MR) is 113 cm³/mol. The number of carbonyl (C=O) groups is 1. The van der Waals surface area contributed by atoms with Crippen molar-refractivity contribution in [3.63, 3.8) is 0 Å². The molecule has 7 nitrogen and oxygen atoms in total. The highest BCUT2D eigenvalue weighted by atomic mass is 32.1. The van der Waals surface area contributed by atoms with Crippen LogP contribution >= 0.6 is 11.3 Å². The summed E-state index contributed by atoms with van der Waals surface area (Å²) < 4.78 is 7.51. The summed E-state index contributed by atoms with van der Waals surface area (Å²) in [4.78, 5) is 29.8.